The van der Waals surface area contributed by atoms with Gasteiger partial charge in [0.2, 0.25) is 0 Å². The van der Waals surface area contributed by atoms with Gasteiger partial charge in [-0.3, -0.25) is 4.79 Å². The van der Waals surface area contributed by atoms with Crippen LogP contribution in [-0.2, 0) is 6.54 Å². The van der Waals surface area contributed by atoms with E-state index in [0.29, 0.717) is 22.8 Å². The van der Waals surface area contributed by atoms with Gasteiger partial charge in [-0.05, 0) is 37.7 Å². The largest absolute Gasteiger partial charge is 0.365 e. The number of hydrogen-bond acceptors (Lipinski definition) is 5. The Hall–Kier alpha value is -2.62. The molecule has 6 nitrogen and oxygen atoms in total. The lowest BCUT2D eigenvalue weighted by atomic mass is 10.1. The molecule has 0 bridgehead atoms. The topological polar surface area (TPSA) is 72.3 Å². The van der Waals surface area contributed by atoms with E-state index in [1.54, 1.807) is 18.2 Å². The fourth-order valence-electron chi connectivity index (χ4n) is 3.27. The number of nitrogens with zero attached hydrogens (tertiary/aromatic N) is 4. The van der Waals surface area contributed by atoms with Crippen LogP contribution < -0.4 is 10.2 Å². The van der Waals surface area contributed by atoms with Crippen LogP contribution in [0.3, 0.4) is 0 Å². The molecule has 1 saturated heterocycles. The normalized spacial score (nSPS) is 17.4. The van der Waals surface area contributed by atoms with Gasteiger partial charge in [0.15, 0.2) is 0 Å². The van der Waals surface area contributed by atoms with E-state index in [1.807, 2.05) is 12.1 Å². The van der Waals surface area contributed by atoms with Crippen molar-refractivity contribution in [3.63, 3.8) is 0 Å². The number of carbonyl (C=O) groups excluding carboxylic acids is 1. The zero-order valence-corrected chi connectivity index (χ0v) is 16.2. The highest BCUT2D eigenvalue weighted by Gasteiger charge is 2.25. The molecule has 7 heteroatoms. The molecule has 2 heterocycles. The van der Waals surface area contributed by atoms with Crippen LogP contribution in [0, 0.1) is 11.3 Å². The number of aromatic nitrogens is 1. The second-order valence-electron chi connectivity index (χ2n) is 6.81. The maximum absolute atomic E-state index is 12.5. The van der Waals surface area contributed by atoms with Gasteiger partial charge in [0.05, 0.1) is 11.3 Å². The summed E-state index contributed by atoms with van der Waals surface area (Å²) in [5.41, 5.74) is 2.52. The fraction of sp³-hybridized carbons (Fsp3) is 0.350. The van der Waals surface area contributed by atoms with E-state index in [2.05, 4.69) is 40.1 Å². The Morgan fingerprint density at radius 3 is 2.78 bits per heavy atom. The summed E-state index contributed by atoms with van der Waals surface area (Å²) in [7, 11) is 2.08. The number of benzene rings is 1. The molecule has 27 heavy (non-hydrogen) atoms. The lowest BCUT2D eigenvalue weighted by Gasteiger charge is -2.40. The van der Waals surface area contributed by atoms with Crippen molar-refractivity contribution in [1.82, 2.24) is 15.2 Å². The van der Waals surface area contributed by atoms with Crippen LogP contribution in [0.5, 0.6) is 0 Å². The van der Waals surface area contributed by atoms with E-state index in [-0.39, 0.29) is 11.9 Å². The second-order valence-corrected chi connectivity index (χ2v) is 7.25. The summed E-state index contributed by atoms with van der Waals surface area (Å²) in [6.07, 6.45) is 1.48. The summed E-state index contributed by atoms with van der Waals surface area (Å²) < 4.78 is 0. The number of nitriles is 1. The number of hydrogen-bond donors (Lipinski definition) is 1. The number of pyridine rings is 1. The van der Waals surface area contributed by atoms with E-state index in [4.69, 9.17) is 11.6 Å². The van der Waals surface area contributed by atoms with Crippen molar-refractivity contribution < 1.29 is 4.79 Å². The van der Waals surface area contributed by atoms with Crippen molar-refractivity contribution in [2.75, 3.05) is 31.6 Å². The van der Waals surface area contributed by atoms with E-state index in [1.165, 1.54) is 6.20 Å². The standard InChI is InChI=1S/C20H22ClN5O/c1-14-13-25(2)7-8-26(14)19-9-18(23-12-16(19)10-22)20(27)24-11-15-3-5-17(21)6-4-15/h3-6,9,12,14H,7-8,11,13H2,1-2H3,(H,24,27)/t14-/m1/s1. The third kappa shape index (κ3) is 4.57. The Morgan fingerprint density at radius 1 is 1.37 bits per heavy atom. The molecule has 1 aromatic heterocycles. The monoisotopic (exact) mass is 383 g/mol. The maximum Gasteiger partial charge on any atom is 0.270 e. The van der Waals surface area contributed by atoms with Crippen LogP contribution in [0.1, 0.15) is 28.5 Å². The zero-order valence-electron chi connectivity index (χ0n) is 15.4. The summed E-state index contributed by atoms with van der Waals surface area (Å²) in [4.78, 5) is 21.2. The van der Waals surface area contributed by atoms with Gasteiger partial charge in [0.25, 0.3) is 5.91 Å². The summed E-state index contributed by atoms with van der Waals surface area (Å²) in [6, 6.07) is 11.5. The molecule has 1 aliphatic rings. The number of rotatable bonds is 4. The van der Waals surface area contributed by atoms with E-state index in [9.17, 15) is 10.1 Å². The molecular formula is C20H22ClN5O. The van der Waals surface area contributed by atoms with E-state index >= 15 is 0 Å². The number of piperazine rings is 1. The molecule has 2 aromatic rings. The molecule has 1 atom stereocenters. The first kappa shape index (κ1) is 19.2. The zero-order chi connectivity index (χ0) is 19.4. The first-order chi connectivity index (χ1) is 13.0. The molecule has 0 unspecified atom stereocenters. The van der Waals surface area contributed by atoms with Crippen LogP contribution in [0.25, 0.3) is 0 Å². The molecule has 0 aliphatic carbocycles. The second kappa shape index (κ2) is 8.38. The van der Waals surface area contributed by atoms with Crippen LogP contribution in [0.4, 0.5) is 5.69 Å². The lowest BCUT2D eigenvalue weighted by Crippen LogP contribution is -2.50. The van der Waals surface area contributed by atoms with Crippen molar-refractivity contribution in [1.29, 1.82) is 5.26 Å². The summed E-state index contributed by atoms with van der Waals surface area (Å²) in [5, 5.41) is 13.0. The Kier molecular flexibility index (Phi) is 5.94. The molecule has 1 aliphatic heterocycles. The van der Waals surface area contributed by atoms with Crippen LogP contribution in [-0.4, -0.2) is 48.5 Å². The van der Waals surface area contributed by atoms with Gasteiger partial charge in [0, 0.05) is 43.4 Å². The number of likely N-dealkylation sites (N-methyl/N-ethyl adjacent to an activating group) is 1. The molecule has 3 rings (SSSR count). The molecule has 1 fully saturated rings. The van der Waals surface area contributed by atoms with Gasteiger partial charge < -0.3 is 15.1 Å². The van der Waals surface area contributed by atoms with Gasteiger partial charge in [-0.2, -0.15) is 5.26 Å². The van der Waals surface area contributed by atoms with Crippen LogP contribution >= 0.6 is 11.6 Å². The number of carbonyl (C=O) groups is 1. The maximum atomic E-state index is 12.5. The average molecular weight is 384 g/mol. The van der Waals surface area contributed by atoms with Gasteiger partial charge in [-0.15, -0.1) is 0 Å². The van der Waals surface area contributed by atoms with Crippen molar-refractivity contribution in [2.24, 2.45) is 0 Å². The Balaban J connectivity index is 1.77. The van der Waals surface area contributed by atoms with Crippen LogP contribution in [0.2, 0.25) is 5.02 Å². The number of anilines is 1. The Morgan fingerprint density at radius 2 is 2.11 bits per heavy atom. The predicted molar refractivity (Wildman–Crippen MR) is 106 cm³/mol. The molecule has 140 valence electrons. The highest BCUT2D eigenvalue weighted by Crippen LogP contribution is 2.24. The third-order valence-corrected chi connectivity index (χ3v) is 4.99. The highest BCUT2D eigenvalue weighted by molar-refractivity contribution is 6.30. The number of amides is 1. The van der Waals surface area contributed by atoms with Crippen molar-refractivity contribution in [3.05, 3.63) is 58.4 Å². The predicted octanol–water partition coefficient (Wildman–Crippen LogP) is 2.68. The van der Waals surface area contributed by atoms with E-state index < -0.39 is 0 Å². The molecule has 0 spiro atoms. The smallest absolute Gasteiger partial charge is 0.270 e. The fourth-order valence-corrected chi connectivity index (χ4v) is 3.39. The van der Waals surface area contributed by atoms with Crippen LogP contribution in [0.15, 0.2) is 36.5 Å². The summed E-state index contributed by atoms with van der Waals surface area (Å²) >= 11 is 5.88. The summed E-state index contributed by atoms with van der Waals surface area (Å²) in [5.74, 6) is -0.266. The number of halogens is 1. The quantitative estimate of drug-likeness (QED) is 0.878. The molecule has 1 aromatic carbocycles. The average Bonchev–Trinajstić information content (AvgIpc) is 2.67. The SMILES string of the molecule is C[C@@H]1CN(C)CCN1c1cc(C(=O)NCc2ccc(Cl)cc2)ncc1C#N. The Labute approximate surface area is 164 Å². The van der Waals surface area contributed by atoms with Gasteiger partial charge >= 0.3 is 0 Å². The van der Waals surface area contributed by atoms with Gasteiger partial charge in [-0.25, -0.2) is 4.98 Å². The molecule has 1 N–H and O–H groups in total. The first-order valence-electron chi connectivity index (χ1n) is 8.86. The molecule has 1 amide bonds. The molecule has 0 saturated carbocycles. The van der Waals surface area contributed by atoms with Gasteiger partial charge in [0.1, 0.15) is 11.8 Å². The van der Waals surface area contributed by atoms with E-state index in [0.717, 1.165) is 30.9 Å². The van der Waals surface area contributed by atoms with Crippen molar-refractivity contribution in [3.8, 4) is 6.07 Å². The summed E-state index contributed by atoms with van der Waals surface area (Å²) in [6.45, 7) is 5.14. The number of nitrogens with one attached hydrogen (secondary N) is 1. The van der Waals surface area contributed by atoms with Crippen molar-refractivity contribution in [2.45, 2.75) is 19.5 Å². The van der Waals surface area contributed by atoms with Gasteiger partial charge in [-0.1, -0.05) is 23.7 Å². The molecule has 0 radical (unpaired) electrons. The minimum atomic E-state index is -0.266. The molecular weight excluding hydrogens is 362 g/mol. The first-order valence-corrected chi connectivity index (χ1v) is 9.23. The minimum absolute atomic E-state index is 0.253. The van der Waals surface area contributed by atoms with Crippen molar-refractivity contribution >= 4 is 23.2 Å². The highest BCUT2D eigenvalue weighted by atomic mass is 35.5. The third-order valence-electron chi connectivity index (χ3n) is 4.74. The Bertz CT molecular complexity index is 862. The minimum Gasteiger partial charge on any atom is -0.365 e. The lowest BCUT2D eigenvalue weighted by molar-refractivity contribution is 0.0946.